The molecular weight excluding hydrogens is 544 g/mol. The molecule has 4 aromatic rings. The number of anilines is 2. The van der Waals surface area contributed by atoms with Crippen LogP contribution in [0.25, 0.3) is 0 Å². The van der Waals surface area contributed by atoms with Crippen molar-refractivity contribution in [2.75, 3.05) is 9.80 Å². The van der Waals surface area contributed by atoms with E-state index >= 15 is 0 Å². The fraction of sp³-hybridized carbons (Fsp3) is 0. The molecule has 11 nitrogen and oxygen atoms in total. The summed E-state index contributed by atoms with van der Waals surface area (Å²) in [5.41, 5.74) is -0.485. The van der Waals surface area contributed by atoms with E-state index < -0.39 is 41.4 Å². The molecule has 0 unspecified atom stereocenters. The first-order chi connectivity index (χ1) is 20.1. The average Bonchev–Trinajstić information content (AvgIpc) is 3.39. The molecule has 0 N–H and O–H groups in total. The Morgan fingerprint density at radius 1 is 0.452 bits per heavy atom. The summed E-state index contributed by atoms with van der Waals surface area (Å²) in [6, 6.07) is 18.0. The minimum absolute atomic E-state index is 0.0135. The van der Waals surface area contributed by atoms with E-state index in [2.05, 4.69) is 0 Å². The van der Waals surface area contributed by atoms with Gasteiger partial charge in [0.15, 0.2) is 5.78 Å². The van der Waals surface area contributed by atoms with Gasteiger partial charge >= 0.3 is 0 Å². The van der Waals surface area contributed by atoms with Gasteiger partial charge in [0.05, 0.1) is 45.6 Å². The number of carboxylic acid groups (broad SMARTS) is 2. The topological polar surface area (TPSA) is 172 Å². The van der Waals surface area contributed by atoms with Crippen LogP contribution >= 0.6 is 0 Å². The fourth-order valence-corrected chi connectivity index (χ4v) is 4.94. The Kier molecular flexibility index (Phi) is 5.85. The van der Waals surface area contributed by atoms with Crippen molar-refractivity contribution in [2.24, 2.45) is 0 Å². The third kappa shape index (κ3) is 3.95. The number of imide groups is 2. The number of carbonyl (C=O) groups excluding carboxylic acids is 7. The van der Waals surface area contributed by atoms with Crippen LogP contribution in [-0.2, 0) is 0 Å². The quantitative estimate of drug-likeness (QED) is 0.249. The molecule has 204 valence electrons. The predicted octanol–water partition coefficient (Wildman–Crippen LogP) is 1.25. The molecule has 0 saturated carbocycles. The van der Waals surface area contributed by atoms with Gasteiger partial charge in [0.1, 0.15) is 0 Å². The SMILES string of the molecule is O=C([O-])c1cccc(N2C(=O)c3ccc(C(=O)c4ccc5c(c4)C(=O)N(c4cccc(C(=O)[O-])c4)C5=O)cc3C2=O)c1. The first-order valence-electron chi connectivity index (χ1n) is 12.3. The van der Waals surface area contributed by atoms with Gasteiger partial charge in [-0.1, -0.05) is 36.4 Å². The maximum Gasteiger partial charge on any atom is 0.266 e. The summed E-state index contributed by atoms with van der Waals surface area (Å²) in [6.45, 7) is 0. The van der Waals surface area contributed by atoms with E-state index in [4.69, 9.17) is 0 Å². The maximum atomic E-state index is 13.4. The van der Waals surface area contributed by atoms with Crippen LogP contribution in [0.1, 0.15) is 78.1 Å². The number of hydrogen-bond acceptors (Lipinski definition) is 9. The van der Waals surface area contributed by atoms with E-state index in [1.165, 1.54) is 72.8 Å². The van der Waals surface area contributed by atoms with Crippen LogP contribution < -0.4 is 20.0 Å². The van der Waals surface area contributed by atoms with Gasteiger partial charge in [0, 0.05) is 11.1 Å². The summed E-state index contributed by atoms with van der Waals surface area (Å²) < 4.78 is 0. The highest BCUT2D eigenvalue weighted by molar-refractivity contribution is 6.36. The minimum Gasteiger partial charge on any atom is -0.545 e. The lowest BCUT2D eigenvalue weighted by Gasteiger charge is -2.15. The van der Waals surface area contributed by atoms with Crippen molar-refractivity contribution >= 4 is 52.7 Å². The van der Waals surface area contributed by atoms with Crippen LogP contribution in [-0.4, -0.2) is 41.4 Å². The molecule has 4 amide bonds. The number of ketones is 1. The predicted molar refractivity (Wildman–Crippen MR) is 140 cm³/mol. The first kappa shape index (κ1) is 26.0. The second-order valence-corrected chi connectivity index (χ2v) is 9.42. The van der Waals surface area contributed by atoms with Gasteiger partial charge in [-0.15, -0.1) is 0 Å². The van der Waals surface area contributed by atoms with Crippen molar-refractivity contribution in [3.63, 3.8) is 0 Å². The molecule has 0 bridgehead atoms. The van der Waals surface area contributed by atoms with E-state index in [-0.39, 0.29) is 55.9 Å². The van der Waals surface area contributed by atoms with Crippen molar-refractivity contribution in [2.45, 2.75) is 0 Å². The number of benzene rings is 4. The van der Waals surface area contributed by atoms with Gasteiger partial charge < -0.3 is 19.8 Å². The fourth-order valence-electron chi connectivity index (χ4n) is 4.94. The number of rotatable bonds is 6. The number of fused-ring (bicyclic) bond motifs is 2. The monoisotopic (exact) mass is 558 g/mol. The van der Waals surface area contributed by atoms with Gasteiger partial charge in [0.25, 0.3) is 23.6 Å². The largest absolute Gasteiger partial charge is 0.545 e. The molecule has 0 atom stereocenters. The van der Waals surface area contributed by atoms with E-state index in [9.17, 15) is 43.8 Å². The van der Waals surface area contributed by atoms with Crippen LogP contribution in [0.2, 0.25) is 0 Å². The zero-order valence-corrected chi connectivity index (χ0v) is 21.2. The van der Waals surface area contributed by atoms with Crippen LogP contribution in [0.3, 0.4) is 0 Å². The molecule has 0 radical (unpaired) electrons. The molecular formula is C31H14N2O9-2. The number of hydrogen-bond donors (Lipinski definition) is 0. The molecule has 42 heavy (non-hydrogen) atoms. The second-order valence-electron chi connectivity index (χ2n) is 9.42. The number of amides is 4. The lowest BCUT2D eigenvalue weighted by atomic mass is 9.96. The summed E-state index contributed by atoms with van der Waals surface area (Å²) in [4.78, 5) is 89.8. The van der Waals surface area contributed by atoms with Crippen molar-refractivity contribution in [1.82, 2.24) is 0 Å². The highest BCUT2D eigenvalue weighted by Gasteiger charge is 2.39. The molecule has 0 aliphatic carbocycles. The van der Waals surface area contributed by atoms with E-state index in [0.717, 1.165) is 21.9 Å². The lowest BCUT2D eigenvalue weighted by Crippen LogP contribution is -2.30. The van der Waals surface area contributed by atoms with E-state index in [1.54, 1.807) is 0 Å². The van der Waals surface area contributed by atoms with Crippen molar-refractivity contribution in [1.29, 1.82) is 0 Å². The normalized spacial score (nSPS) is 13.8. The number of nitrogens with zero attached hydrogens (tertiary/aromatic N) is 2. The summed E-state index contributed by atoms with van der Waals surface area (Å²) in [7, 11) is 0. The zero-order valence-electron chi connectivity index (χ0n) is 21.2. The van der Waals surface area contributed by atoms with Crippen LogP contribution in [0.4, 0.5) is 11.4 Å². The third-order valence-corrected chi connectivity index (χ3v) is 6.98. The number of aromatic carboxylic acids is 2. The molecule has 2 heterocycles. The molecule has 0 aromatic heterocycles. The van der Waals surface area contributed by atoms with Gasteiger partial charge in [-0.3, -0.25) is 24.0 Å². The molecule has 0 saturated heterocycles. The molecule has 11 heteroatoms. The summed E-state index contributed by atoms with van der Waals surface area (Å²) in [5, 5.41) is 22.5. The Balaban J connectivity index is 1.31. The highest BCUT2D eigenvalue weighted by atomic mass is 16.4. The molecule has 2 aliphatic rings. The highest BCUT2D eigenvalue weighted by Crippen LogP contribution is 2.32. The Labute approximate surface area is 235 Å². The third-order valence-electron chi connectivity index (χ3n) is 6.98. The Bertz CT molecular complexity index is 1820. The Morgan fingerprint density at radius 2 is 0.833 bits per heavy atom. The van der Waals surface area contributed by atoms with Gasteiger partial charge in [-0.05, 0) is 59.7 Å². The van der Waals surface area contributed by atoms with Crippen LogP contribution in [0.5, 0.6) is 0 Å². The van der Waals surface area contributed by atoms with Crippen LogP contribution in [0.15, 0.2) is 84.9 Å². The van der Waals surface area contributed by atoms with Crippen molar-refractivity contribution < 1.29 is 43.8 Å². The minimum atomic E-state index is -1.48. The van der Waals surface area contributed by atoms with E-state index in [1.807, 2.05) is 0 Å². The van der Waals surface area contributed by atoms with E-state index in [0.29, 0.717) is 0 Å². The van der Waals surface area contributed by atoms with Crippen molar-refractivity contribution in [3.8, 4) is 0 Å². The molecule has 6 rings (SSSR count). The zero-order chi connectivity index (χ0) is 29.9. The van der Waals surface area contributed by atoms with Gasteiger partial charge in [-0.25, -0.2) is 9.80 Å². The summed E-state index contributed by atoms with van der Waals surface area (Å²) >= 11 is 0. The maximum absolute atomic E-state index is 13.4. The molecule has 2 aliphatic heterocycles. The molecule has 4 aromatic carbocycles. The average molecular weight is 558 g/mol. The lowest BCUT2D eigenvalue weighted by molar-refractivity contribution is -0.256. The number of carbonyl (C=O) groups is 7. The Morgan fingerprint density at radius 3 is 1.21 bits per heavy atom. The van der Waals surface area contributed by atoms with Gasteiger partial charge in [0.2, 0.25) is 0 Å². The number of carboxylic acids is 2. The first-order valence-corrected chi connectivity index (χ1v) is 12.3. The molecule has 0 fully saturated rings. The summed E-state index contributed by atoms with van der Waals surface area (Å²) in [6.07, 6.45) is 0. The smallest absolute Gasteiger partial charge is 0.266 e. The van der Waals surface area contributed by atoms with Gasteiger partial charge in [-0.2, -0.15) is 0 Å². The molecule has 0 spiro atoms. The second kappa shape index (κ2) is 9.45. The van der Waals surface area contributed by atoms with Crippen molar-refractivity contribution in [3.05, 3.63) is 129 Å². The van der Waals surface area contributed by atoms with Crippen LogP contribution in [0, 0.1) is 0 Å². The Hall–Kier alpha value is -6.23. The standard InChI is InChI=1S/C31H16N2O9/c34-25(15-7-9-21-23(13-15)28(37)32(26(21)35)19-5-1-3-17(11-19)30(39)40)16-8-10-22-24(14-16)29(38)33(27(22)36)20-6-2-4-18(12-20)31(41)42/h1-14H,(H,39,40)(H,41,42)/p-2. The summed E-state index contributed by atoms with van der Waals surface area (Å²) in [5.74, 6) is -6.48.